The monoisotopic (exact) mass is 302 g/mol. The van der Waals surface area contributed by atoms with Gasteiger partial charge < -0.3 is 25.8 Å². The Morgan fingerprint density at radius 1 is 1.19 bits per heavy atom. The van der Waals surface area contributed by atoms with Gasteiger partial charge in [0.25, 0.3) is 0 Å². The maximum Gasteiger partial charge on any atom is 0.322 e. The quantitative estimate of drug-likeness (QED) is 0.441. The van der Waals surface area contributed by atoms with E-state index in [1.54, 1.807) is 0 Å². The molecule has 0 aromatic carbocycles. The smallest absolute Gasteiger partial charge is 0.322 e. The predicted octanol–water partition coefficient (Wildman–Crippen LogP) is -1.79. The highest BCUT2D eigenvalue weighted by molar-refractivity contribution is 5.86. The third-order valence-electron chi connectivity index (χ3n) is 2.86. The van der Waals surface area contributed by atoms with Crippen LogP contribution >= 0.6 is 0 Å². The van der Waals surface area contributed by atoms with Gasteiger partial charge in [-0.05, 0) is 6.92 Å². The Morgan fingerprint density at radius 3 is 2.48 bits per heavy atom. The molecule has 1 fully saturated rings. The van der Waals surface area contributed by atoms with Gasteiger partial charge in [0.2, 0.25) is 5.91 Å². The van der Waals surface area contributed by atoms with E-state index in [-0.39, 0.29) is 12.6 Å². The summed E-state index contributed by atoms with van der Waals surface area (Å²) >= 11 is 0. The first kappa shape index (κ1) is 17.2. The number of aliphatic carboxylic acids is 1. The average molecular weight is 302 g/mol. The topological polar surface area (TPSA) is 120 Å². The van der Waals surface area contributed by atoms with Gasteiger partial charge in [-0.1, -0.05) is 0 Å². The minimum Gasteiger partial charge on any atom is -0.480 e. The molecule has 0 radical (unpaired) electrons. The van der Waals surface area contributed by atoms with E-state index in [4.69, 9.17) is 9.84 Å². The van der Waals surface area contributed by atoms with Crippen LogP contribution in [0.1, 0.15) is 6.92 Å². The van der Waals surface area contributed by atoms with Crippen LogP contribution in [0.5, 0.6) is 0 Å². The Bertz CT molecular complexity index is 371. The van der Waals surface area contributed by atoms with Crippen LogP contribution in [0.3, 0.4) is 0 Å². The first-order valence-electron chi connectivity index (χ1n) is 6.80. The third-order valence-corrected chi connectivity index (χ3v) is 2.86. The van der Waals surface area contributed by atoms with Crippen molar-refractivity contribution >= 4 is 17.9 Å². The molecule has 1 atom stereocenters. The van der Waals surface area contributed by atoms with E-state index in [1.165, 1.54) is 0 Å². The van der Waals surface area contributed by atoms with Gasteiger partial charge in [-0.25, -0.2) is 4.79 Å². The lowest BCUT2D eigenvalue weighted by Gasteiger charge is -2.29. The van der Waals surface area contributed by atoms with E-state index >= 15 is 0 Å². The number of carboxylic acids is 1. The van der Waals surface area contributed by atoms with Crippen LogP contribution < -0.4 is 16.0 Å². The number of urea groups is 1. The standard InChI is InChI=1S/C12H22N4O5/c1-9(8-16-2-4-21-5-3-16)15-12(20)14-6-10(17)13-7-11(18)19/h9H,2-8H2,1H3,(H,13,17)(H,18,19)(H2,14,15,20). The second-order valence-electron chi connectivity index (χ2n) is 4.81. The molecule has 21 heavy (non-hydrogen) atoms. The van der Waals surface area contributed by atoms with Gasteiger partial charge in [-0.15, -0.1) is 0 Å². The molecule has 1 heterocycles. The largest absolute Gasteiger partial charge is 0.480 e. The van der Waals surface area contributed by atoms with Crippen LogP contribution in [0.15, 0.2) is 0 Å². The molecule has 3 amide bonds. The summed E-state index contributed by atoms with van der Waals surface area (Å²) in [5, 5.41) is 15.6. The Morgan fingerprint density at radius 2 is 1.86 bits per heavy atom. The van der Waals surface area contributed by atoms with E-state index in [0.717, 1.165) is 13.1 Å². The van der Waals surface area contributed by atoms with E-state index in [2.05, 4.69) is 20.9 Å². The zero-order valence-electron chi connectivity index (χ0n) is 12.1. The summed E-state index contributed by atoms with van der Waals surface area (Å²) < 4.78 is 5.24. The van der Waals surface area contributed by atoms with E-state index in [0.29, 0.717) is 19.8 Å². The minimum absolute atomic E-state index is 0.0646. The molecule has 1 aliphatic rings. The Hall–Kier alpha value is -1.87. The van der Waals surface area contributed by atoms with Crippen LogP contribution in [-0.4, -0.2) is 79.9 Å². The van der Waals surface area contributed by atoms with Crippen molar-refractivity contribution < 1.29 is 24.2 Å². The van der Waals surface area contributed by atoms with Gasteiger partial charge in [0.05, 0.1) is 19.8 Å². The number of ether oxygens (including phenoxy) is 1. The summed E-state index contributed by atoms with van der Waals surface area (Å²) in [7, 11) is 0. The van der Waals surface area contributed by atoms with Gasteiger partial charge in [0, 0.05) is 25.7 Å². The number of rotatable bonds is 7. The van der Waals surface area contributed by atoms with E-state index < -0.39 is 24.5 Å². The van der Waals surface area contributed by atoms with Crippen LogP contribution in [0.4, 0.5) is 4.79 Å². The highest BCUT2D eigenvalue weighted by Crippen LogP contribution is 1.98. The molecule has 0 spiro atoms. The van der Waals surface area contributed by atoms with Crippen molar-refractivity contribution in [2.45, 2.75) is 13.0 Å². The second kappa shape index (κ2) is 9.14. The van der Waals surface area contributed by atoms with Crippen molar-refractivity contribution in [2.75, 3.05) is 45.9 Å². The van der Waals surface area contributed by atoms with Crippen LogP contribution in [0.25, 0.3) is 0 Å². The number of morpholine rings is 1. The molecule has 1 rings (SSSR count). The number of carbonyl (C=O) groups excluding carboxylic acids is 2. The van der Waals surface area contributed by atoms with Crippen molar-refractivity contribution in [3.63, 3.8) is 0 Å². The number of nitrogens with zero attached hydrogens (tertiary/aromatic N) is 1. The second-order valence-corrected chi connectivity index (χ2v) is 4.81. The summed E-state index contributed by atoms with van der Waals surface area (Å²) in [6.45, 7) is 4.93. The van der Waals surface area contributed by atoms with Crippen molar-refractivity contribution in [1.29, 1.82) is 0 Å². The molecule has 9 heteroatoms. The summed E-state index contributed by atoms with van der Waals surface area (Å²) in [6.07, 6.45) is 0. The Labute approximate surface area is 123 Å². The molecular weight excluding hydrogens is 280 g/mol. The molecule has 1 unspecified atom stereocenters. The van der Waals surface area contributed by atoms with Crippen molar-refractivity contribution in [3.05, 3.63) is 0 Å². The summed E-state index contributed by atoms with van der Waals surface area (Å²) in [6, 6.07) is -0.522. The van der Waals surface area contributed by atoms with Gasteiger partial charge in [0.1, 0.15) is 6.54 Å². The number of carbonyl (C=O) groups is 3. The summed E-state index contributed by atoms with van der Waals surface area (Å²) in [5.41, 5.74) is 0. The predicted molar refractivity (Wildman–Crippen MR) is 73.9 cm³/mol. The molecule has 0 aromatic heterocycles. The molecule has 120 valence electrons. The molecule has 0 aliphatic carbocycles. The molecular formula is C12H22N4O5. The van der Waals surface area contributed by atoms with Crippen LogP contribution in [0, 0.1) is 0 Å². The lowest BCUT2D eigenvalue weighted by Crippen LogP contribution is -2.50. The van der Waals surface area contributed by atoms with Crippen molar-refractivity contribution in [2.24, 2.45) is 0 Å². The average Bonchev–Trinajstić information content (AvgIpc) is 2.43. The molecule has 1 aliphatic heterocycles. The van der Waals surface area contributed by atoms with Crippen LogP contribution in [0.2, 0.25) is 0 Å². The molecule has 0 aromatic rings. The van der Waals surface area contributed by atoms with Gasteiger partial charge in [0.15, 0.2) is 0 Å². The molecule has 0 bridgehead atoms. The normalized spacial score (nSPS) is 16.8. The molecule has 9 nitrogen and oxygen atoms in total. The molecule has 4 N–H and O–H groups in total. The van der Waals surface area contributed by atoms with Gasteiger partial charge in [-0.2, -0.15) is 0 Å². The fourth-order valence-corrected chi connectivity index (χ4v) is 1.89. The highest BCUT2D eigenvalue weighted by atomic mass is 16.5. The number of amides is 3. The number of nitrogens with one attached hydrogen (secondary N) is 3. The number of carboxylic acid groups (broad SMARTS) is 1. The maximum atomic E-state index is 11.6. The number of hydrogen-bond acceptors (Lipinski definition) is 5. The summed E-state index contributed by atoms with van der Waals surface area (Å²) in [5.74, 6) is -1.68. The van der Waals surface area contributed by atoms with E-state index in [9.17, 15) is 14.4 Å². The molecule has 0 saturated carbocycles. The first-order valence-corrected chi connectivity index (χ1v) is 6.80. The zero-order chi connectivity index (χ0) is 15.7. The van der Waals surface area contributed by atoms with Crippen molar-refractivity contribution in [3.8, 4) is 0 Å². The lowest BCUT2D eigenvalue weighted by molar-refractivity contribution is -0.137. The van der Waals surface area contributed by atoms with E-state index in [1.807, 2.05) is 6.92 Å². The highest BCUT2D eigenvalue weighted by Gasteiger charge is 2.15. The fourth-order valence-electron chi connectivity index (χ4n) is 1.89. The lowest BCUT2D eigenvalue weighted by atomic mass is 10.3. The van der Waals surface area contributed by atoms with Gasteiger partial charge >= 0.3 is 12.0 Å². The minimum atomic E-state index is -1.13. The summed E-state index contributed by atoms with van der Waals surface area (Å²) in [4.78, 5) is 35.2. The Balaban J connectivity index is 2.14. The third kappa shape index (κ3) is 8.10. The zero-order valence-corrected chi connectivity index (χ0v) is 12.1. The molecule has 1 saturated heterocycles. The Kier molecular flexibility index (Phi) is 7.48. The number of hydrogen-bond donors (Lipinski definition) is 4. The fraction of sp³-hybridized carbons (Fsp3) is 0.750. The maximum absolute atomic E-state index is 11.6. The van der Waals surface area contributed by atoms with Gasteiger partial charge in [-0.3, -0.25) is 14.5 Å². The van der Waals surface area contributed by atoms with Crippen molar-refractivity contribution in [1.82, 2.24) is 20.9 Å². The first-order chi connectivity index (χ1) is 9.97. The SMILES string of the molecule is CC(CN1CCOCC1)NC(=O)NCC(=O)NCC(=O)O. The van der Waals surface area contributed by atoms with Crippen LogP contribution in [-0.2, 0) is 14.3 Å².